The van der Waals surface area contributed by atoms with Crippen LogP contribution < -0.4 is 4.74 Å². The van der Waals surface area contributed by atoms with Gasteiger partial charge in [0.15, 0.2) is 0 Å². The number of carboxylic acids is 1. The normalized spacial score (nSPS) is 11.0. The highest BCUT2D eigenvalue weighted by Crippen LogP contribution is 2.35. The fourth-order valence-electron chi connectivity index (χ4n) is 3.03. The second-order valence-corrected chi connectivity index (χ2v) is 7.13. The molecule has 0 saturated heterocycles. The molecule has 0 unspecified atom stereocenters. The van der Waals surface area contributed by atoms with Gasteiger partial charge in [-0.2, -0.15) is 0 Å². The quantitative estimate of drug-likeness (QED) is 0.620. The lowest BCUT2D eigenvalue weighted by molar-refractivity contribution is -0.136. The molecule has 0 bridgehead atoms. The first-order chi connectivity index (χ1) is 12.7. The van der Waals surface area contributed by atoms with Crippen LogP contribution in [0, 0.1) is 6.92 Å². The Bertz CT molecular complexity index is 1090. The lowest BCUT2D eigenvalue weighted by atomic mass is 10.1. The average molecular weight is 427 g/mol. The maximum Gasteiger partial charge on any atom is 0.307 e. The Hall–Kier alpha value is -2.21. The van der Waals surface area contributed by atoms with E-state index in [-0.39, 0.29) is 17.4 Å². The molecule has 8 heteroatoms. The van der Waals surface area contributed by atoms with Crippen molar-refractivity contribution in [2.45, 2.75) is 13.3 Å². The molecular formula is C19H14Cl3NO4. The summed E-state index contributed by atoms with van der Waals surface area (Å²) in [5, 5.41) is 10.8. The molecule has 0 spiro atoms. The molecule has 1 N–H and O–H groups in total. The molecule has 3 aromatic rings. The Morgan fingerprint density at radius 2 is 1.78 bits per heavy atom. The third kappa shape index (κ3) is 3.50. The number of ether oxygens (including phenoxy) is 1. The van der Waals surface area contributed by atoms with Gasteiger partial charge in [-0.1, -0.05) is 34.8 Å². The number of fused-ring (bicyclic) bond motifs is 1. The van der Waals surface area contributed by atoms with Crippen molar-refractivity contribution in [2.75, 3.05) is 7.11 Å². The molecule has 0 amide bonds. The summed E-state index contributed by atoms with van der Waals surface area (Å²) < 4.78 is 6.66. The second kappa shape index (κ2) is 7.43. The number of nitrogens with zero attached hydrogens (tertiary/aromatic N) is 1. The standard InChI is InChI=1S/C19H14Cl3NO4/c1-9-11(7-18(24)25)12-6-17(27-2)15(22)8-16(12)23(9)19(26)10-3-4-13(20)14(21)5-10/h3-6,8H,7H2,1-2H3,(H,24,25). The Morgan fingerprint density at radius 3 is 2.37 bits per heavy atom. The smallest absolute Gasteiger partial charge is 0.307 e. The highest BCUT2D eigenvalue weighted by molar-refractivity contribution is 6.42. The van der Waals surface area contributed by atoms with Gasteiger partial charge in [0, 0.05) is 16.6 Å². The van der Waals surface area contributed by atoms with Gasteiger partial charge in [-0.3, -0.25) is 14.2 Å². The van der Waals surface area contributed by atoms with Gasteiger partial charge < -0.3 is 9.84 Å². The summed E-state index contributed by atoms with van der Waals surface area (Å²) in [5.74, 6) is -0.975. The van der Waals surface area contributed by atoms with E-state index in [1.165, 1.54) is 23.8 Å². The number of rotatable bonds is 4. The summed E-state index contributed by atoms with van der Waals surface area (Å²) in [6.07, 6.45) is -0.241. The van der Waals surface area contributed by atoms with Gasteiger partial charge in [-0.25, -0.2) is 0 Å². The van der Waals surface area contributed by atoms with Crippen LogP contribution in [0.5, 0.6) is 5.75 Å². The van der Waals surface area contributed by atoms with Gasteiger partial charge in [0.2, 0.25) is 0 Å². The van der Waals surface area contributed by atoms with E-state index in [0.29, 0.717) is 43.5 Å². The Labute approximate surface area is 170 Å². The molecule has 2 aromatic carbocycles. The molecule has 3 rings (SSSR count). The number of aromatic nitrogens is 1. The number of carboxylic acid groups (broad SMARTS) is 1. The third-order valence-corrected chi connectivity index (χ3v) is 5.34. The largest absolute Gasteiger partial charge is 0.495 e. The summed E-state index contributed by atoms with van der Waals surface area (Å²) in [6, 6.07) is 7.79. The minimum Gasteiger partial charge on any atom is -0.495 e. The van der Waals surface area contributed by atoms with E-state index in [2.05, 4.69) is 0 Å². The number of carbonyl (C=O) groups excluding carboxylic acids is 1. The lowest BCUT2D eigenvalue weighted by Crippen LogP contribution is -2.14. The third-order valence-electron chi connectivity index (χ3n) is 4.31. The number of aliphatic carboxylic acids is 1. The van der Waals surface area contributed by atoms with Crippen molar-refractivity contribution in [3.8, 4) is 5.75 Å². The van der Waals surface area contributed by atoms with Crippen LogP contribution in [0.3, 0.4) is 0 Å². The molecule has 0 saturated carbocycles. The summed E-state index contributed by atoms with van der Waals surface area (Å²) in [5.41, 5.74) is 1.83. The molecule has 0 aliphatic carbocycles. The van der Waals surface area contributed by atoms with Gasteiger partial charge in [0.1, 0.15) is 5.75 Å². The predicted octanol–water partition coefficient (Wildman–Crippen LogP) is 5.23. The Kier molecular flexibility index (Phi) is 5.38. The van der Waals surface area contributed by atoms with Crippen molar-refractivity contribution in [3.63, 3.8) is 0 Å². The summed E-state index contributed by atoms with van der Waals surface area (Å²) in [6.45, 7) is 1.69. The number of halogens is 3. The number of hydrogen-bond donors (Lipinski definition) is 1. The van der Waals surface area contributed by atoms with Crippen LogP contribution >= 0.6 is 34.8 Å². The molecule has 27 heavy (non-hydrogen) atoms. The van der Waals surface area contributed by atoms with Gasteiger partial charge >= 0.3 is 5.97 Å². The summed E-state index contributed by atoms with van der Waals surface area (Å²) in [7, 11) is 1.47. The molecule has 0 radical (unpaired) electrons. The van der Waals surface area contributed by atoms with Gasteiger partial charge in [0.25, 0.3) is 5.91 Å². The van der Waals surface area contributed by atoms with Crippen LogP contribution in [-0.4, -0.2) is 28.7 Å². The predicted molar refractivity (Wildman–Crippen MR) is 106 cm³/mol. The van der Waals surface area contributed by atoms with Crippen molar-refractivity contribution in [3.05, 3.63) is 62.2 Å². The first kappa shape index (κ1) is 19.5. The van der Waals surface area contributed by atoms with E-state index in [1.54, 1.807) is 25.1 Å². The molecule has 0 fully saturated rings. The lowest BCUT2D eigenvalue weighted by Gasteiger charge is -2.09. The molecule has 140 valence electrons. The van der Waals surface area contributed by atoms with Crippen LogP contribution in [0.2, 0.25) is 15.1 Å². The highest BCUT2D eigenvalue weighted by atomic mass is 35.5. The average Bonchev–Trinajstić information content (AvgIpc) is 2.86. The highest BCUT2D eigenvalue weighted by Gasteiger charge is 2.23. The Balaban J connectivity index is 2.29. The number of carbonyl (C=O) groups is 2. The number of methoxy groups -OCH3 is 1. The zero-order valence-corrected chi connectivity index (χ0v) is 16.6. The van der Waals surface area contributed by atoms with Crippen molar-refractivity contribution in [1.82, 2.24) is 4.57 Å². The summed E-state index contributed by atoms with van der Waals surface area (Å²) in [4.78, 5) is 24.5. The molecule has 0 aliphatic rings. The van der Waals surface area contributed by atoms with Crippen molar-refractivity contribution < 1.29 is 19.4 Å². The Morgan fingerprint density at radius 1 is 1.07 bits per heavy atom. The zero-order chi connectivity index (χ0) is 19.9. The van der Waals surface area contributed by atoms with Gasteiger partial charge in [-0.05, 0) is 42.8 Å². The van der Waals surface area contributed by atoms with Crippen LogP contribution in [0.25, 0.3) is 10.9 Å². The fraction of sp³-hybridized carbons (Fsp3) is 0.158. The van der Waals surface area contributed by atoms with Crippen molar-refractivity contribution >= 4 is 57.6 Å². The first-order valence-electron chi connectivity index (χ1n) is 7.83. The topological polar surface area (TPSA) is 68.5 Å². The molecular weight excluding hydrogens is 413 g/mol. The van der Waals surface area contributed by atoms with E-state index >= 15 is 0 Å². The fourth-order valence-corrected chi connectivity index (χ4v) is 3.56. The zero-order valence-electron chi connectivity index (χ0n) is 14.3. The van der Waals surface area contributed by atoms with Crippen LogP contribution in [0.15, 0.2) is 30.3 Å². The van der Waals surface area contributed by atoms with Crippen molar-refractivity contribution in [1.29, 1.82) is 0 Å². The monoisotopic (exact) mass is 425 g/mol. The molecule has 1 heterocycles. The van der Waals surface area contributed by atoms with E-state index < -0.39 is 5.97 Å². The van der Waals surface area contributed by atoms with Crippen LogP contribution in [0.1, 0.15) is 21.6 Å². The molecule has 0 atom stereocenters. The second-order valence-electron chi connectivity index (χ2n) is 5.91. The van der Waals surface area contributed by atoms with E-state index in [1.807, 2.05) is 0 Å². The maximum atomic E-state index is 13.1. The maximum absolute atomic E-state index is 13.1. The molecule has 0 aliphatic heterocycles. The molecule has 1 aromatic heterocycles. The number of hydrogen-bond acceptors (Lipinski definition) is 3. The van der Waals surface area contributed by atoms with E-state index in [4.69, 9.17) is 39.5 Å². The number of benzene rings is 2. The minimum atomic E-state index is -1.01. The van der Waals surface area contributed by atoms with Crippen molar-refractivity contribution in [2.24, 2.45) is 0 Å². The first-order valence-corrected chi connectivity index (χ1v) is 8.97. The minimum absolute atomic E-state index is 0.241. The summed E-state index contributed by atoms with van der Waals surface area (Å²) >= 11 is 18.2. The van der Waals surface area contributed by atoms with Crippen LogP contribution in [0.4, 0.5) is 0 Å². The van der Waals surface area contributed by atoms with E-state index in [0.717, 1.165) is 0 Å². The molecule has 5 nitrogen and oxygen atoms in total. The van der Waals surface area contributed by atoms with Gasteiger partial charge in [-0.15, -0.1) is 0 Å². The van der Waals surface area contributed by atoms with E-state index in [9.17, 15) is 14.7 Å². The van der Waals surface area contributed by atoms with Gasteiger partial charge in [0.05, 0.1) is 34.1 Å². The SMILES string of the molecule is COc1cc2c(CC(=O)O)c(C)n(C(=O)c3ccc(Cl)c(Cl)c3)c2cc1Cl. The van der Waals surface area contributed by atoms with Crippen LogP contribution in [-0.2, 0) is 11.2 Å².